The average molecular weight is 356 g/mol. The number of hydrogen-bond donors (Lipinski definition) is 1. The second-order valence-corrected chi connectivity index (χ2v) is 6.99. The Balaban J connectivity index is 1.83. The second kappa shape index (κ2) is 7.32. The average Bonchev–Trinajstić information content (AvgIpc) is 2.98. The molecule has 3 rings (SSSR count). The van der Waals surface area contributed by atoms with Crippen LogP contribution in [0.4, 0.5) is 0 Å². The fourth-order valence-electron chi connectivity index (χ4n) is 3.81. The zero-order valence-corrected chi connectivity index (χ0v) is 14.9. The van der Waals surface area contributed by atoms with Gasteiger partial charge in [-0.1, -0.05) is 36.9 Å². The minimum atomic E-state index is -0.759. The molecule has 6 nitrogen and oxygen atoms in total. The molecule has 2 saturated heterocycles. The molecule has 0 aromatic heterocycles. The first-order valence-electron chi connectivity index (χ1n) is 8.94. The van der Waals surface area contributed by atoms with Gasteiger partial charge in [-0.15, -0.1) is 0 Å². The summed E-state index contributed by atoms with van der Waals surface area (Å²) in [4.78, 5) is 38.7. The molecule has 0 bridgehead atoms. The number of rotatable bonds is 4. The van der Waals surface area contributed by atoms with Crippen LogP contribution in [0.1, 0.15) is 31.7 Å². The van der Waals surface area contributed by atoms with Gasteiger partial charge in [0.05, 0.1) is 5.41 Å². The second-order valence-electron chi connectivity index (χ2n) is 6.99. The van der Waals surface area contributed by atoms with Crippen molar-refractivity contribution in [2.45, 2.75) is 43.7 Å². The molecule has 2 atom stereocenters. The van der Waals surface area contributed by atoms with Crippen LogP contribution >= 0.6 is 0 Å². The van der Waals surface area contributed by atoms with Crippen molar-refractivity contribution < 1.29 is 19.1 Å². The lowest BCUT2D eigenvalue weighted by atomic mass is 9.71. The van der Waals surface area contributed by atoms with Crippen LogP contribution in [0.2, 0.25) is 0 Å². The van der Waals surface area contributed by atoms with Crippen LogP contribution in [-0.2, 0) is 24.5 Å². The summed E-state index contributed by atoms with van der Waals surface area (Å²) in [6.07, 6.45) is 2.59. The van der Waals surface area contributed by atoms with Crippen molar-refractivity contribution in [1.29, 1.82) is 0 Å². The molecule has 6 heteroatoms. The summed E-state index contributed by atoms with van der Waals surface area (Å²) < 4.78 is 5.15. The minimum absolute atomic E-state index is 0.125. The normalized spacial score (nSPS) is 24.7. The van der Waals surface area contributed by atoms with E-state index in [-0.39, 0.29) is 23.9 Å². The Labute approximate surface area is 153 Å². The molecular weight excluding hydrogens is 332 g/mol. The van der Waals surface area contributed by atoms with Crippen molar-refractivity contribution in [3.05, 3.63) is 48.6 Å². The first-order valence-corrected chi connectivity index (χ1v) is 8.94. The standard InChI is InChI=1S/C20H24N2O4/c1-3-17(23)22-11-9-20(10-12-22,15-7-5-4-6-8-15)19(25)21-16-13-14(2)26-18(16)24/h3-8,14,16H,1,9-13H2,2H3,(H,21,25). The van der Waals surface area contributed by atoms with E-state index in [1.54, 1.807) is 4.90 Å². The van der Waals surface area contributed by atoms with E-state index >= 15 is 0 Å². The molecule has 2 aliphatic heterocycles. The van der Waals surface area contributed by atoms with Gasteiger partial charge in [-0.2, -0.15) is 0 Å². The molecule has 1 aromatic carbocycles. The van der Waals surface area contributed by atoms with Gasteiger partial charge in [0, 0.05) is 19.5 Å². The van der Waals surface area contributed by atoms with Crippen LogP contribution in [0.15, 0.2) is 43.0 Å². The van der Waals surface area contributed by atoms with E-state index in [2.05, 4.69) is 11.9 Å². The van der Waals surface area contributed by atoms with Gasteiger partial charge in [-0.3, -0.25) is 9.59 Å². The van der Waals surface area contributed by atoms with E-state index < -0.39 is 11.5 Å². The van der Waals surface area contributed by atoms with E-state index in [1.807, 2.05) is 37.3 Å². The van der Waals surface area contributed by atoms with Gasteiger partial charge in [0.15, 0.2) is 0 Å². The Morgan fingerprint density at radius 2 is 1.92 bits per heavy atom. The number of piperidine rings is 1. The monoisotopic (exact) mass is 356 g/mol. The topological polar surface area (TPSA) is 75.7 Å². The largest absolute Gasteiger partial charge is 0.461 e. The molecule has 1 aromatic rings. The van der Waals surface area contributed by atoms with E-state index in [0.717, 1.165) is 5.56 Å². The first-order chi connectivity index (χ1) is 12.5. The van der Waals surface area contributed by atoms with Crippen LogP contribution in [0, 0.1) is 0 Å². The van der Waals surface area contributed by atoms with Crippen molar-refractivity contribution in [1.82, 2.24) is 10.2 Å². The van der Waals surface area contributed by atoms with Crippen molar-refractivity contribution in [3.8, 4) is 0 Å². The van der Waals surface area contributed by atoms with Gasteiger partial charge < -0.3 is 15.0 Å². The number of nitrogens with one attached hydrogen (secondary N) is 1. The van der Waals surface area contributed by atoms with E-state index in [1.165, 1.54) is 6.08 Å². The van der Waals surface area contributed by atoms with Gasteiger partial charge in [0.25, 0.3) is 0 Å². The molecule has 2 heterocycles. The van der Waals surface area contributed by atoms with E-state index in [9.17, 15) is 14.4 Å². The van der Waals surface area contributed by atoms with Crippen molar-refractivity contribution >= 4 is 17.8 Å². The Hall–Kier alpha value is -2.63. The summed E-state index contributed by atoms with van der Waals surface area (Å²) in [5, 5.41) is 2.89. The number of carbonyl (C=O) groups is 3. The Morgan fingerprint density at radius 3 is 2.46 bits per heavy atom. The third kappa shape index (κ3) is 3.36. The Morgan fingerprint density at radius 1 is 1.27 bits per heavy atom. The fraction of sp³-hybridized carbons (Fsp3) is 0.450. The summed E-state index contributed by atoms with van der Waals surface area (Å²) in [5.74, 6) is -0.681. The third-order valence-corrected chi connectivity index (χ3v) is 5.34. The van der Waals surface area contributed by atoms with E-state index in [4.69, 9.17) is 4.74 Å². The summed E-state index contributed by atoms with van der Waals surface area (Å²) in [7, 11) is 0. The van der Waals surface area contributed by atoms with Crippen LogP contribution in [0.3, 0.4) is 0 Å². The van der Waals surface area contributed by atoms with Gasteiger partial charge >= 0.3 is 5.97 Å². The molecule has 138 valence electrons. The molecular formula is C20H24N2O4. The predicted molar refractivity (Wildman–Crippen MR) is 96.2 cm³/mol. The summed E-state index contributed by atoms with van der Waals surface area (Å²) >= 11 is 0. The number of amides is 2. The molecule has 2 fully saturated rings. The van der Waals surface area contributed by atoms with Crippen molar-refractivity contribution in [2.24, 2.45) is 0 Å². The number of cyclic esters (lactones) is 1. The summed E-state index contributed by atoms with van der Waals surface area (Å²) in [6, 6.07) is 8.96. The molecule has 2 unspecified atom stereocenters. The molecule has 1 N–H and O–H groups in total. The number of benzene rings is 1. The minimum Gasteiger partial charge on any atom is -0.461 e. The zero-order valence-electron chi connectivity index (χ0n) is 14.9. The Bertz CT molecular complexity index is 708. The fourth-order valence-corrected chi connectivity index (χ4v) is 3.81. The Kier molecular flexibility index (Phi) is 5.11. The van der Waals surface area contributed by atoms with Gasteiger partial charge in [0.2, 0.25) is 11.8 Å². The molecule has 0 radical (unpaired) electrons. The van der Waals surface area contributed by atoms with Crippen molar-refractivity contribution in [2.75, 3.05) is 13.1 Å². The highest BCUT2D eigenvalue weighted by Gasteiger charge is 2.45. The molecule has 26 heavy (non-hydrogen) atoms. The number of carbonyl (C=O) groups excluding carboxylic acids is 3. The van der Waals surface area contributed by atoms with Crippen molar-refractivity contribution in [3.63, 3.8) is 0 Å². The number of esters is 1. The van der Waals surface area contributed by atoms with Crippen LogP contribution in [0.5, 0.6) is 0 Å². The van der Waals surface area contributed by atoms with Gasteiger partial charge in [-0.05, 0) is 31.4 Å². The number of nitrogens with zero attached hydrogens (tertiary/aromatic N) is 1. The first kappa shape index (κ1) is 18.2. The summed E-state index contributed by atoms with van der Waals surface area (Å²) in [6.45, 7) is 6.29. The number of likely N-dealkylation sites (tertiary alicyclic amines) is 1. The maximum atomic E-state index is 13.2. The maximum absolute atomic E-state index is 13.2. The number of hydrogen-bond acceptors (Lipinski definition) is 4. The van der Waals surface area contributed by atoms with Gasteiger partial charge in [-0.25, -0.2) is 4.79 Å². The third-order valence-electron chi connectivity index (χ3n) is 5.34. The lowest BCUT2D eigenvalue weighted by molar-refractivity contribution is -0.144. The van der Waals surface area contributed by atoms with Crippen LogP contribution < -0.4 is 5.32 Å². The molecule has 0 aliphatic carbocycles. The molecule has 0 saturated carbocycles. The summed E-state index contributed by atoms with van der Waals surface area (Å²) in [5.41, 5.74) is 0.147. The van der Waals surface area contributed by atoms with Crippen LogP contribution in [0.25, 0.3) is 0 Å². The number of ether oxygens (including phenoxy) is 1. The van der Waals surface area contributed by atoms with Crippen LogP contribution in [-0.4, -0.2) is 47.9 Å². The van der Waals surface area contributed by atoms with E-state index in [0.29, 0.717) is 32.4 Å². The smallest absolute Gasteiger partial charge is 0.329 e. The maximum Gasteiger partial charge on any atom is 0.329 e. The lowest BCUT2D eigenvalue weighted by Crippen LogP contribution is -2.55. The highest BCUT2D eigenvalue weighted by atomic mass is 16.6. The highest BCUT2D eigenvalue weighted by Crippen LogP contribution is 2.36. The zero-order chi connectivity index (χ0) is 18.7. The SMILES string of the molecule is C=CC(=O)N1CCC(C(=O)NC2CC(C)OC2=O)(c2ccccc2)CC1. The molecule has 0 spiro atoms. The van der Waals surface area contributed by atoms with Gasteiger partial charge in [0.1, 0.15) is 12.1 Å². The quantitative estimate of drug-likeness (QED) is 0.656. The predicted octanol–water partition coefficient (Wildman–Crippen LogP) is 1.55. The molecule has 2 aliphatic rings. The lowest BCUT2D eigenvalue weighted by Gasteiger charge is -2.41. The highest BCUT2D eigenvalue weighted by molar-refractivity contribution is 5.93. The molecule has 2 amide bonds.